The Labute approximate surface area is 119 Å². The minimum atomic E-state index is -4.90. The molecule has 1 amide bonds. The minimum Gasteiger partial charge on any atom is -0.349 e. The van der Waals surface area contributed by atoms with Crippen molar-refractivity contribution in [2.75, 3.05) is 0 Å². The zero-order valence-electron chi connectivity index (χ0n) is 11.6. The summed E-state index contributed by atoms with van der Waals surface area (Å²) in [6.07, 6.45) is -4.79. The normalized spacial score (nSPS) is 28.2. The van der Waals surface area contributed by atoms with Gasteiger partial charge in [-0.1, -0.05) is 6.92 Å². The molecule has 2 aliphatic rings. The summed E-state index contributed by atoms with van der Waals surface area (Å²) >= 11 is 0. The summed E-state index contributed by atoms with van der Waals surface area (Å²) < 4.78 is 66.5. The van der Waals surface area contributed by atoms with Gasteiger partial charge in [-0.3, -0.25) is 4.79 Å². The summed E-state index contributed by atoms with van der Waals surface area (Å²) in [7, 11) is 0. The molecule has 0 aliphatic heterocycles. The van der Waals surface area contributed by atoms with Crippen molar-refractivity contribution in [3.8, 4) is 0 Å². The van der Waals surface area contributed by atoms with E-state index in [1.54, 1.807) is 0 Å². The predicted octanol–water partition coefficient (Wildman–Crippen LogP) is 3.60. The summed E-state index contributed by atoms with van der Waals surface area (Å²) in [5.74, 6) is -3.54. The van der Waals surface area contributed by atoms with Crippen molar-refractivity contribution in [3.05, 3.63) is 23.0 Å². The molecule has 2 unspecified atom stereocenters. The van der Waals surface area contributed by atoms with Crippen LogP contribution in [0.5, 0.6) is 0 Å². The van der Waals surface area contributed by atoms with Crippen LogP contribution in [0, 0.1) is 11.8 Å². The summed E-state index contributed by atoms with van der Waals surface area (Å²) in [6.45, 7) is 2.25. The van der Waals surface area contributed by atoms with Crippen molar-refractivity contribution in [1.29, 1.82) is 0 Å². The van der Waals surface area contributed by atoms with E-state index in [-0.39, 0.29) is 11.5 Å². The molecule has 2 nitrogen and oxygen atoms in total. The summed E-state index contributed by atoms with van der Waals surface area (Å²) in [5.41, 5.74) is -1.58. The fourth-order valence-electron chi connectivity index (χ4n) is 2.73. The van der Waals surface area contributed by atoms with Crippen LogP contribution in [0.15, 0.2) is 23.0 Å². The van der Waals surface area contributed by atoms with E-state index in [1.165, 1.54) is 6.92 Å². The van der Waals surface area contributed by atoms with Crippen molar-refractivity contribution in [2.45, 2.75) is 45.1 Å². The molecule has 1 N–H and O–H groups in total. The van der Waals surface area contributed by atoms with Crippen LogP contribution in [0.3, 0.4) is 0 Å². The van der Waals surface area contributed by atoms with E-state index in [0.717, 1.165) is 19.8 Å². The lowest BCUT2D eigenvalue weighted by Crippen LogP contribution is -2.42. The molecule has 0 radical (unpaired) electrons. The first-order valence-corrected chi connectivity index (χ1v) is 6.72. The summed E-state index contributed by atoms with van der Waals surface area (Å²) in [6, 6.07) is -0.736. The maximum Gasteiger partial charge on any atom is 0.415 e. The fraction of sp³-hybridized carbons (Fsp3) is 0.643. The minimum absolute atomic E-state index is 0.0363. The molecule has 2 rings (SSSR count). The highest BCUT2D eigenvalue weighted by Gasteiger charge is 2.48. The molecule has 1 fully saturated rings. The van der Waals surface area contributed by atoms with Crippen LogP contribution in [-0.4, -0.2) is 24.3 Å². The van der Waals surface area contributed by atoms with Gasteiger partial charge in [-0.2, -0.15) is 13.2 Å². The van der Waals surface area contributed by atoms with Gasteiger partial charge >= 0.3 is 6.18 Å². The Kier molecular flexibility index (Phi) is 4.13. The maximum atomic E-state index is 14.4. The zero-order valence-corrected chi connectivity index (χ0v) is 11.6. The second kappa shape index (κ2) is 5.42. The molecular formula is C14H16F5NO. The lowest BCUT2D eigenvalue weighted by molar-refractivity contribution is -0.119. The number of carbonyl (C=O) groups excluding carboxylic acids is 1. The molecule has 3 atom stereocenters. The van der Waals surface area contributed by atoms with Crippen LogP contribution < -0.4 is 5.32 Å². The van der Waals surface area contributed by atoms with Crippen LogP contribution in [0.2, 0.25) is 0 Å². The van der Waals surface area contributed by atoms with Gasteiger partial charge in [0.1, 0.15) is 12.0 Å². The van der Waals surface area contributed by atoms with Crippen molar-refractivity contribution in [2.24, 2.45) is 11.8 Å². The predicted molar refractivity (Wildman–Crippen MR) is 66.7 cm³/mol. The number of carbonyl (C=O) groups is 1. The number of hydrogen-bond acceptors (Lipinski definition) is 1. The van der Waals surface area contributed by atoms with Gasteiger partial charge in [0.25, 0.3) is 0 Å². The Morgan fingerprint density at radius 1 is 1.38 bits per heavy atom. The molecule has 0 bridgehead atoms. The number of hydrogen-bond donors (Lipinski definition) is 1. The fourth-order valence-corrected chi connectivity index (χ4v) is 2.73. The lowest BCUT2D eigenvalue weighted by Gasteiger charge is -2.32. The number of alkyl halides is 4. The summed E-state index contributed by atoms with van der Waals surface area (Å²) in [5, 5.41) is 2.52. The van der Waals surface area contributed by atoms with Crippen LogP contribution in [-0.2, 0) is 4.79 Å². The van der Waals surface area contributed by atoms with Gasteiger partial charge < -0.3 is 5.32 Å². The van der Waals surface area contributed by atoms with Gasteiger partial charge in [0.2, 0.25) is 5.91 Å². The third-order valence-corrected chi connectivity index (χ3v) is 3.88. The highest BCUT2D eigenvalue weighted by Crippen LogP contribution is 2.45. The molecule has 0 heterocycles. The van der Waals surface area contributed by atoms with Gasteiger partial charge in [0, 0.05) is 12.8 Å². The Bertz CT molecular complexity index is 504. The number of halogens is 5. The van der Waals surface area contributed by atoms with Gasteiger partial charge in [0.05, 0.1) is 11.6 Å². The number of amides is 1. The van der Waals surface area contributed by atoms with E-state index in [0.29, 0.717) is 6.08 Å². The van der Waals surface area contributed by atoms with Gasteiger partial charge in [-0.15, -0.1) is 0 Å². The third kappa shape index (κ3) is 3.27. The second-order valence-electron chi connectivity index (χ2n) is 5.61. The Balaban J connectivity index is 2.39. The number of rotatable bonds is 3. The number of allylic oxidation sites excluding steroid dienone is 3. The van der Waals surface area contributed by atoms with Gasteiger partial charge in [-0.05, 0) is 30.4 Å². The topological polar surface area (TPSA) is 29.1 Å². The van der Waals surface area contributed by atoms with E-state index < -0.39 is 41.6 Å². The van der Waals surface area contributed by atoms with Crippen LogP contribution >= 0.6 is 0 Å². The molecule has 2 aliphatic carbocycles. The van der Waals surface area contributed by atoms with E-state index in [1.807, 2.05) is 0 Å². The van der Waals surface area contributed by atoms with Crippen molar-refractivity contribution >= 4 is 5.91 Å². The van der Waals surface area contributed by atoms with Gasteiger partial charge in [-0.25, -0.2) is 8.78 Å². The Hall–Kier alpha value is -1.40. The van der Waals surface area contributed by atoms with Crippen molar-refractivity contribution in [1.82, 2.24) is 5.32 Å². The first-order valence-electron chi connectivity index (χ1n) is 6.72. The molecule has 0 aromatic heterocycles. The zero-order chi connectivity index (χ0) is 15.9. The monoisotopic (exact) mass is 309 g/mol. The first kappa shape index (κ1) is 16.0. The van der Waals surface area contributed by atoms with Crippen molar-refractivity contribution < 1.29 is 26.7 Å². The maximum absolute atomic E-state index is 14.4. The van der Waals surface area contributed by atoms with Crippen LogP contribution in [0.25, 0.3) is 0 Å². The van der Waals surface area contributed by atoms with E-state index in [2.05, 4.69) is 5.32 Å². The summed E-state index contributed by atoms with van der Waals surface area (Å²) in [4.78, 5) is 11.2. The average Bonchev–Trinajstić information content (AvgIpc) is 3.13. The quantitative estimate of drug-likeness (QED) is 0.793. The molecular weight excluding hydrogens is 293 g/mol. The van der Waals surface area contributed by atoms with E-state index >= 15 is 0 Å². The van der Waals surface area contributed by atoms with Gasteiger partial charge in [0.15, 0.2) is 0 Å². The van der Waals surface area contributed by atoms with E-state index in [9.17, 15) is 26.7 Å². The lowest BCUT2D eigenvalue weighted by atomic mass is 9.81. The highest BCUT2D eigenvalue weighted by atomic mass is 19.4. The standard InChI is InChI=1S/C14H16F5NO/c1-6-11(14(17,18)19)10(15)5-9(12(6)16)13(8-3-4-8)20-7(2)21/h5-6,8,12-13H,3-4H2,1-2H3,(H,20,21)/t6?,12?,13-/m1/s1. The molecule has 1 saturated carbocycles. The molecule has 7 heteroatoms. The Morgan fingerprint density at radius 2 is 1.95 bits per heavy atom. The smallest absolute Gasteiger partial charge is 0.349 e. The van der Waals surface area contributed by atoms with Crippen LogP contribution in [0.1, 0.15) is 26.7 Å². The SMILES string of the molecule is CC(=O)N[C@@H](C1=CC(F)=C(C(F)(F)F)C(C)C1F)C1CC1. The molecule has 118 valence electrons. The molecule has 21 heavy (non-hydrogen) atoms. The largest absolute Gasteiger partial charge is 0.415 e. The average molecular weight is 309 g/mol. The molecule has 0 saturated heterocycles. The number of nitrogens with one attached hydrogen (secondary N) is 1. The Morgan fingerprint density at radius 3 is 2.38 bits per heavy atom. The highest BCUT2D eigenvalue weighted by molar-refractivity contribution is 5.74. The molecule has 0 spiro atoms. The second-order valence-corrected chi connectivity index (χ2v) is 5.61. The first-order chi connectivity index (χ1) is 9.62. The molecule has 0 aromatic carbocycles. The van der Waals surface area contributed by atoms with Crippen molar-refractivity contribution in [3.63, 3.8) is 0 Å². The van der Waals surface area contributed by atoms with Crippen LogP contribution in [0.4, 0.5) is 22.0 Å². The third-order valence-electron chi connectivity index (χ3n) is 3.88. The molecule has 0 aromatic rings. The van der Waals surface area contributed by atoms with E-state index in [4.69, 9.17) is 0 Å².